The number of fused-ring (bicyclic) bond motifs is 1. The minimum absolute atomic E-state index is 0.350. The molecule has 0 bridgehead atoms. The predicted molar refractivity (Wildman–Crippen MR) is 84.7 cm³/mol. The molecule has 2 aromatic rings. The number of hydrogen-bond acceptors (Lipinski definition) is 3. The van der Waals surface area contributed by atoms with Crippen LogP contribution < -0.4 is 0 Å². The third-order valence-electron chi connectivity index (χ3n) is 4.51. The fourth-order valence-corrected chi connectivity index (χ4v) is 3.19. The van der Waals surface area contributed by atoms with E-state index in [4.69, 9.17) is 4.74 Å². The number of β-amino-alcohol motifs (C(OH)–C–C–N with tert-alkyl or cyclic N) is 1. The van der Waals surface area contributed by atoms with Crippen LogP contribution >= 0.6 is 0 Å². The largest absolute Gasteiger partial charge is 0.390 e. The highest BCUT2D eigenvalue weighted by atomic mass is 16.5. The molecule has 1 N–H and O–H groups in total. The lowest BCUT2D eigenvalue weighted by atomic mass is 10.2. The summed E-state index contributed by atoms with van der Waals surface area (Å²) in [6.07, 6.45) is -0.350. The Bertz CT molecular complexity index is 615. The van der Waals surface area contributed by atoms with E-state index < -0.39 is 0 Å². The Balaban J connectivity index is 1.76. The lowest BCUT2D eigenvalue weighted by Gasteiger charge is -2.29. The zero-order chi connectivity index (χ0) is 14.8. The SMILES string of the molecule is Cc1c(C)n(C[C@H](O)CN2CCOCC2)c2ccccc12. The Labute approximate surface area is 125 Å². The lowest BCUT2D eigenvalue weighted by Crippen LogP contribution is -2.42. The second kappa shape index (κ2) is 6.18. The fourth-order valence-electron chi connectivity index (χ4n) is 3.19. The summed E-state index contributed by atoms with van der Waals surface area (Å²) in [6.45, 7) is 9.04. The van der Waals surface area contributed by atoms with Crippen LogP contribution in [-0.4, -0.2) is 53.5 Å². The van der Waals surface area contributed by atoms with Gasteiger partial charge in [-0.3, -0.25) is 4.90 Å². The van der Waals surface area contributed by atoms with Crippen molar-refractivity contribution in [3.63, 3.8) is 0 Å². The van der Waals surface area contributed by atoms with E-state index >= 15 is 0 Å². The maximum Gasteiger partial charge on any atom is 0.0845 e. The molecule has 1 aliphatic rings. The number of hydrogen-bond donors (Lipinski definition) is 1. The van der Waals surface area contributed by atoms with Gasteiger partial charge in [-0.15, -0.1) is 0 Å². The van der Waals surface area contributed by atoms with Crippen molar-refractivity contribution >= 4 is 10.9 Å². The lowest BCUT2D eigenvalue weighted by molar-refractivity contribution is 0.0116. The predicted octanol–water partition coefficient (Wildman–Crippen LogP) is 1.95. The van der Waals surface area contributed by atoms with Gasteiger partial charge in [0.05, 0.1) is 25.9 Å². The van der Waals surface area contributed by atoms with Crippen molar-refractivity contribution in [2.75, 3.05) is 32.8 Å². The standard InChI is InChI=1S/C17H24N2O2/c1-13-14(2)19(17-6-4-3-5-16(13)17)12-15(20)11-18-7-9-21-10-8-18/h3-6,15,20H,7-12H2,1-2H3/t15-/m1/s1. The zero-order valence-corrected chi connectivity index (χ0v) is 12.9. The molecule has 0 amide bonds. The van der Waals surface area contributed by atoms with E-state index in [-0.39, 0.29) is 6.10 Å². The van der Waals surface area contributed by atoms with Gasteiger partial charge in [0, 0.05) is 36.2 Å². The van der Waals surface area contributed by atoms with E-state index in [0.29, 0.717) is 13.1 Å². The van der Waals surface area contributed by atoms with Gasteiger partial charge in [0.2, 0.25) is 0 Å². The zero-order valence-electron chi connectivity index (χ0n) is 12.9. The van der Waals surface area contributed by atoms with Crippen molar-refractivity contribution in [2.45, 2.75) is 26.5 Å². The van der Waals surface area contributed by atoms with E-state index in [1.54, 1.807) is 0 Å². The maximum atomic E-state index is 10.4. The van der Waals surface area contributed by atoms with Crippen LogP contribution in [0, 0.1) is 13.8 Å². The van der Waals surface area contributed by atoms with Crippen LogP contribution in [0.2, 0.25) is 0 Å². The Morgan fingerprint density at radius 3 is 2.62 bits per heavy atom. The summed E-state index contributed by atoms with van der Waals surface area (Å²) in [6, 6.07) is 8.43. The number of aromatic nitrogens is 1. The average Bonchev–Trinajstić information content (AvgIpc) is 2.74. The number of para-hydroxylation sites is 1. The molecule has 0 radical (unpaired) electrons. The molecule has 1 saturated heterocycles. The molecule has 114 valence electrons. The summed E-state index contributed by atoms with van der Waals surface area (Å²) < 4.78 is 7.60. The topological polar surface area (TPSA) is 37.6 Å². The molecule has 21 heavy (non-hydrogen) atoms. The Morgan fingerprint density at radius 2 is 1.86 bits per heavy atom. The van der Waals surface area contributed by atoms with Crippen molar-refractivity contribution in [3.8, 4) is 0 Å². The number of benzene rings is 1. The summed E-state index contributed by atoms with van der Waals surface area (Å²) in [7, 11) is 0. The second-order valence-electron chi connectivity index (χ2n) is 5.90. The van der Waals surface area contributed by atoms with Gasteiger partial charge >= 0.3 is 0 Å². The quantitative estimate of drug-likeness (QED) is 0.934. The van der Waals surface area contributed by atoms with Gasteiger partial charge in [0.15, 0.2) is 0 Å². The van der Waals surface area contributed by atoms with Gasteiger partial charge in [-0.25, -0.2) is 0 Å². The molecule has 0 unspecified atom stereocenters. The molecule has 2 heterocycles. The minimum Gasteiger partial charge on any atom is -0.390 e. The summed E-state index contributed by atoms with van der Waals surface area (Å²) in [5, 5.41) is 11.7. The first-order chi connectivity index (χ1) is 10.2. The third kappa shape index (κ3) is 2.98. The van der Waals surface area contributed by atoms with E-state index in [2.05, 4.69) is 47.6 Å². The first-order valence-corrected chi connectivity index (χ1v) is 7.69. The van der Waals surface area contributed by atoms with Crippen LogP contribution in [0.4, 0.5) is 0 Å². The van der Waals surface area contributed by atoms with Crippen molar-refractivity contribution in [1.29, 1.82) is 0 Å². The molecule has 4 heteroatoms. The maximum absolute atomic E-state index is 10.4. The fraction of sp³-hybridized carbons (Fsp3) is 0.529. The number of aliphatic hydroxyl groups excluding tert-OH is 1. The minimum atomic E-state index is -0.350. The van der Waals surface area contributed by atoms with E-state index in [1.807, 2.05) is 0 Å². The number of nitrogens with zero attached hydrogens (tertiary/aromatic N) is 2. The number of ether oxygens (including phenoxy) is 1. The summed E-state index contributed by atoms with van der Waals surface area (Å²) in [5.74, 6) is 0. The monoisotopic (exact) mass is 288 g/mol. The second-order valence-corrected chi connectivity index (χ2v) is 5.90. The molecule has 0 saturated carbocycles. The molecular formula is C17H24N2O2. The van der Waals surface area contributed by atoms with Crippen LogP contribution in [0.3, 0.4) is 0 Å². The molecule has 1 aliphatic heterocycles. The summed E-state index contributed by atoms with van der Waals surface area (Å²) in [5.41, 5.74) is 3.77. The van der Waals surface area contributed by atoms with Crippen molar-refractivity contribution < 1.29 is 9.84 Å². The van der Waals surface area contributed by atoms with Crippen LogP contribution in [0.1, 0.15) is 11.3 Å². The van der Waals surface area contributed by atoms with Gasteiger partial charge < -0.3 is 14.4 Å². The van der Waals surface area contributed by atoms with Crippen molar-refractivity contribution in [2.24, 2.45) is 0 Å². The molecule has 3 rings (SSSR count). The van der Waals surface area contributed by atoms with Crippen LogP contribution in [0.25, 0.3) is 10.9 Å². The highest BCUT2D eigenvalue weighted by Gasteiger charge is 2.17. The smallest absolute Gasteiger partial charge is 0.0845 e. The summed E-state index contributed by atoms with van der Waals surface area (Å²) >= 11 is 0. The first kappa shape index (κ1) is 14.6. The highest BCUT2D eigenvalue weighted by molar-refractivity contribution is 5.85. The van der Waals surface area contributed by atoms with Gasteiger partial charge in [0.25, 0.3) is 0 Å². The molecule has 1 aromatic heterocycles. The number of aliphatic hydroxyl groups is 1. The van der Waals surface area contributed by atoms with Gasteiger partial charge in [-0.2, -0.15) is 0 Å². The van der Waals surface area contributed by atoms with Crippen molar-refractivity contribution in [1.82, 2.24) is 9.47 Å². The molecule has 1 atom stereocenters. The molecule has 4 nitrogen and oxygen atoms in total. The van der Waals surface area contributed by atoms with Crippen LogP contribution in [-0.2, 0) is 11.3 Å². The average molecular weight is 288 g/mol. The normalized spacial score (nSPS) is 18.2. The number of morpholine rings is 1. The number of aryl methyl sites for hydroxylation is 1. The molecule has 0 aliphatic carbocycles. The van der Waals surface area contributed by atoms with E-state index in [0.717, 1.165) is 26.3 Å². The highest BCUT2D eigenvalue weighted by Crippen LogP contribution is 2.25. The van der Waals surface area contributed by atoms with Gasteiger partial charge in [-0.05, 0) is 25.5 Å². The van der Waals surface area contributed by atoms with E-state index in [1.165, 1.54) is 22.2 Å². The number of rotatable bonds is 4. The summed E-state index contributed by atoms with van der Waals surface area (Å²) in [4.78, 5) is 2.28. The van der Waals surface area contributed by atoms with Gasteiger partial charge in [-0.1, -0.05) is 18.2 Å². The molecule has 1 fully saturated rings. The van der Waals surface area contributed by atoms with Crippen LogP contribution in [0.5, 0.6) is 0 Å². The van der Waals surface area contributed by atoms with Gasteiger partial charge in [0.1, 0.15) is 0 Å². The van der Waals surface area contributed by atoms with Crippen LogP contribution in [0.15, 0.2) is 24.3 Å². The first-order valence-electron chi connectivity index (χ1n) is 7.69. The van der Waals surface area contributed by atoms with E-state index in [9.17, 15) is 5.11 Å². The Morgan fingerprint density at radius 1 is 1.14 bits per heavy atom. The van der Waals surface area contributed by atoms with Crippen molar-refractivity contribution in [3.05, 3.63) is 35.5 Å². The molecular weight excluding hydrogens is 264 g/mol. The third-order valence-corrected chi connectivity index (χ3v) is 4.51. The Hall–Kier alpha value is -1.36. The Kier molecular flexibility index (Phi) is 4.29. The molecule has 0 spiro atoms. The molecule has 1 aromatic carbocycles.